The minimum Gasteiger partial charge on any atom is -0.391 e. The predicted molar refractivity (Wildman–Crippen MR) is 102 cm³/mol. The van der Waals surface area contributed by atoms with Gasteiger partial charge in [-0.3, -0.25) is 0 Å². The third-order valence-electron chi connectivity index (χ3n) is 5.37. The Morgan fingerprint density at radius 3 is 2.63 bits per heavy atom. The highest BCUT2D eigenvalue weighted by molar-refractivity contribution is 5.54. The molecule has 2 atom stereocenters. The molecule has 2 aliphatic rings. The molecular formula is C18H27N7O2. The lowest BCUT2D eigenvalue weighted by Gasteiger charge is -2.46. The summed E-state index contributed by atoms with van der Waals surface area (Å²) >= 11 is 0. The van der Waals surface area contributed by atoms with E-state index >= 15 is 0 Å². The summed E-state index contributed by atoms with van der Waals surface area (Å²) in [5, 5.41) is 20.9. The maximum absolute atomic E-state index is 10.8. The Morgan fingerprint density at radius 2 is 1.96 bits per heavy atom. The van der Waals surface area contributed by atoms with Crippen LogP contribution in [0, 0.1) is 0 Å². The summed E-state index contributed by atoms with van der Waals surface area (Å²) in [5.74, 6) is 2.27. The number of nitrogens with zero attached hydrogens (tertiary/aromatic N) is 7. The van der Waals surface area contributed by atoms with Gasteiger partial charge in [-0.1, -0.05) is 0 Å². The number of aromatic nitrogens is 4. The zero-order valence-corrected chi connectivity index (χ0v) is 16.0. The lowest BCUT2D eigenvalue weighted by atomic mass is 9.93. The van der Waals surface area contributed by atoms with Gasteiger partial charge < -0.3 is 29.5 Å². The maximum atomic E-state index is 10.8. The number of anilines is 2. The van der Waals surface area contributed by atoms with Gasteiger partial charge in [-0.25, -0.2) is 15.0 Å². The molecule has 9 heteroatoms. The normalized spacial score (nSPS) is 24.5. The minimum absolute atomic E-state index is 0.221. The van der Waals surface area contributed by atoms with Gasteiger partial charge in [0.25, 0.3) is 0 Å². The molecule has 0 aliphatic carbocycles. The number of likely N-dealkylation sites (N-methyl/N-ethyl adjacent to an activating group) is 1. The summed E-state index contributed by atoms with van der Waals surface area (Å²) in [4.78, 5) is 19.4. The average Bonchev–Trinajstić information content (AvgIpc) is 3.17. The number of rotatable bonds is 5. The molecule has 0 radical (unpaired) electrons. The molecule has 4 heterocycles. The molecule has 2 aromatic rings. The number of β-amino-alcohol motifs (C(OH)–C–C–N with tert-alkyl or cyclic N) is 2. The second kappa shape index (κ2) is 6.74. The smallest absolute Gasteiger partial charge is 0.157 e. The van der Waals surface area contributed by atoms with Gasteiger partial charge in [-0.05, 0) is 20.5 Å². The molecule has 0 bridgehead atoms. The van der Waals surface area contributed by atoms with Gasteiger partial charge in [0.05, 0.1) is 19.2 Å². The van der Waals surface area contributed by atoms with Gasteiger partial charge >= 0.3 is 0 Å². The van der Waals surface area contributed by atoms with Gasteiger partial charge in [-0.15, -0.1) is 0 Å². The van der Waals surface area contributed by atoms with Crippen LogP contribution < -0.4 is 9.80 Å². The Balaban J connectivity index is 1.50. The van der Waals surface area contributed by atoms with Crippen LogP contribution in [-0.2, 0) is 12.6 Å². The fourth-order valence-electron chi connectivity index (χ4n) is 4.14. The van der Waals surface area contributed by atoms with Crippen molar-refractivity contribution in [3.63, 3.8) is 0 Å². The molecule has 2 saturated heterocycles. The molecule has 27 heavy (non-hydrogen) atoms. The SMILES string of the molecule is CN(C)C[C@H]1C[C@@H](O)CN1c1cc(N2CC(O)(c3nccn3C)C2)ncn1. The summed E-state index contributed by atoms with van der Waals surface area (Å²) in [6.07, 6.45) is 5.48. The first kappa shape index (κ1) is 18.1. The van der Waals surface area contributed by atoms with Crippen LogP contribution in [0.4, 0.5) is 11.6 Å². The van der Waals surface area contributed by atoms with Gasteiger partial charge in [0, 0.05) is 44.6 Å². The second-order valence-corrected chi connectivity index (χ2v) is 7.94. The third-order valence-corrected chi connectivity index (χ3v) is 5.37. The number of hydrogen-bond donors (Lipinski definition) is 2. The van der Waals surface area contributed by atoms with Crippen LogP contribution in [0.2, 0.25) is 0 Å². The zero-order valence-electron chi connectivity index (χ0n) is 16.0. The largest absolute Gasteiger partial charge is 0.391 e. The molecule has 146 valence electrons. The third kappa shape index (κ3) is 3.38. The average molecular weight is 373 g/mol. The lowest BCUT2D eigenvalue weighted by molar-refractivity contribution is -0.00384. The van der Waals surface area contributed by atoms with Crippen molar-refractivity contribution in [1.82, 2.24) is 24.4 Å². The van der Waals surface area contributed by atoms with E-state index < -0.39 is 5.60 Å². The number of imidazole rings is 1. The van der Waals surface area contributed by atoms with E-state index in [-0.39, 0.29) is 12.1 Å². The van der Waals surface area contributed by atoms with Crippen LogP contribution in [0.3, 0.4) is 0 Å². The van der Waals surface area contributed by atoms with E-state index in [9.17, 15) is 10.2 Å². The second-order valence-electron chi connectivity index (χ2n) is 7.94. The molecule has 0 amide bonds. The summed E-state index contributed by atoms with van der Waals surface area (Å²) in [5.41, 5.74) is -0.958. The van der Waals surface area contributed by atoms with Crippen LogP contribution in [0.1, 0.15) is 12.2 Å². The number of aliphatic hydroxyl groups excluding tert-OH is 1. The molecule has 4 rings (SSSR count). The molecule has 0 spiro atoms. The molecule has 2 aromatic heterocycles. The first-order valence-electron chi connectivity index (χ1n) is 9.22. The van der Waals surface area contributed by atoms with Crippen molar-refractivity contribution >= 4 is 11.6 Å². The first-order chi connectivity index (χ1) is 12.9. The summed E-state index contributed by atoms with van der Waals surface area (Å²) in [7, 11) is 5.95. The van der Waals surface area contributed by atoms with Crippen molar-refractivity contribution in [2.24, 2.45) is 7.05 Å². The highest BCUT2D eigenvalue weighted by Gasteiger charge is 2.46. The first-order valence-corrected chi connectivity index (χ1v) is 9.22. The van der Waals surface area contributed by atoms with Crippen LogP contribution in [-0.4, -0.2) is 87.1 Å². The highest BCUT2D eigenvalue weighted by atomic mass is 16.3. The Kier molecular flexibility index (Phi) is 4.53. The fraction of sp³-hybridized carbons (Fsp3) is 0.611. The molecule has 2 fully saturated rings. The van der Waals surface area contributed by atoms with Gasteiger partial charge in [0.2, 0.25) is 0 Å². The summed E-state index contributed by atoms with van der Waals surface area (Å²) in [6.45, 7) is 2.32. The number of aliphatic hydroxyl groups is 2. The van der Waals surface area contributed by atoms with Crippen molar-refractivity contribution in [3.8, 4) is 0 Å². The van der Waals surface area contributed by atoms with Crippen LogP contribution in [0.5, 0.6) is 0 Å². The van der Waals surface area contributed by atoms with Crippen LogP contribution in [0.25, 0.3) is 0 Å². The standard InChI is InChI=1S/C18H27N7O2/c1-22(2)8-13-6-14(26)9-25(13)16-7-15(20-12-21-16)24-10-18(27,11-24)17-19-4-5-23(17)3/h4-5,7,12-14,26-27H,6,8-11H2,1-3H3/t13-,14-/m1/s1. The number of aryl methyl sites for hydroxylation is 1. The van der Waals surface area contributed by atoms with E-state index in [2.05, 4.69) is 24.8 Å². The lowest BCUT2D eigenvalue weighted by Crippen LogP contribution is -2.61. The van der Waals surface area contributed by atoms with Crippen LogP contribution in [0.15, 0.2) is 24.8 Å². The van der Waals surface area contributed by atoms with E-state index in [1.165, 1.54) is 0 Å². The van der Waals surface area contributed by atoms with E-state index in [1.807, 2.05) is 42.9 Å². The molecule has 0 aromatic carbocycles. The molecule has 2 aliphatic heterocycles. The van der Waals surface area contributed by atoms with E-state index in [0.29, 0.717) is 25.5 Å². The molecular weight excluding hydrogens is 346 g/mol. The molecule has 9 nitrogen and oxygen atoms in total. The van der Waals surface area contributed by atoms with E-state index in [0.717, 1.165) is 24.6 Å². The fourth-order valence-corrected chi connectivity index (χ4v) is 4.14. The summed E-state index contributed by atoms with van der Waals surface area (Å²) < 4.78 is 1.85. The van der Waals surface area contributed by atoms with Crippen molar-refractivity contribution in [3.05, 3.63) is 30.6 Å². The van der Waals surface area contributed by atoms with E-state index in [4.69, 9.17) is 0 Å². The monoisotopic (exact) mass is 373 g/mol. The maximum Gasteiger partial charge on any atom is 0.157 e. The molecule has 2 N–H and O–H groups in total. The Morgan fingerprint density at radius 1 is 1.22 bits per heavy atom. The Hall–Kier alpha value is -2.23. The van der Waals surface area contributed by atoms with Crippen molar-refractivity contribution in [2.45, 2.75) is 24.2 Å². The van der Waals surface area contributed by atoms with Gasteiger partial charge in [0.1, 0.15) is 23.8 Å². The predicted octanol–water partition coefficient (Wildman–Crippen LogP) is -0.581. The minimum atomic E-state index is -0.958. The zero-order chi connectivity index (χ0) is 19.2. The quantitative estimate of drug-likeness (QED) is 0.719. The Bertz CT molecular complexity index is 803. The molecule has 0 unspecified atom stereocenters. The van der Waals surface area contributed by atoms with Gasteiger partial charge in [-0.2, -0.15) is 0 Å². The van der Waals surface area contributed by atoms with Crippen molar-refractivity contribution in [2.75, 3.05) is 50.1 Å². The van der Waals surface area contributed by atoms with E-state index in [1.54, 1.807) is 12.5 Å². The van der Waals surface area contributed by atoms with Gasteiger partial charge in [0.15, 0.2) is 5.60 Å². The van der Waals surface area contributed by atoms with Crippen LogP contribution >= 0.6 is 0 Å². The van der Waals surface area contributed by atoms with Crippen molar-refractivity contribution < 1.29 is 10.2 Å². The highest BCUT2D eigenvalue weighted by Crippen LogP contribution is 2.35. The molecule has 0 saturated carbocycles. The number of hydrogen-bond acceptors (Lipinski definition) is 8. The topological polar surface area (TPSA) is 93.8 Å². The van der Waals surface area contributed by atoms with Crippen molar-refractivity contribution in [1.29, 1.82) is 0 Å². The summed E-state index contributed by atoms with van der Waals surface area (Å²) in [6, 6.07) is 2.16. The Labute approximate surface area is 158 Å².